The molecule has 0 saturated carbocycles. The Hall–Kier alpha value is -1.00. The van der Waals surface area contributed by atoms with Crippen LogP contribution in [0.25, 0.3) is 0 Å². The minimum Gasteiger partial charge on any atom is -0.396 e. The SMILES string of the molecule is O=C(CSCCc1ccccc1)NCCCCO. The highest BCUT2D eigenvalue weighted by atomic mass is 32.2. The molecule has 3 nitrogen and oxygen atoms in total. The molecule has 4 heteroatoms. The summed E-state index contributed by atoms with van der Waals surface area (Å²) in [5.74, 6) is 1.58. The Morgan fingerprint density at radius 1 is 1.22 bits per heavy atom. The molecule has 0 saturated heterocycles. The average molecular weight is 267 g/mol. The number of hydrogen-bond donors (Lipinski definition) is 2. The molecule has 0 spiro atoms. The van der Waals surface area contributed by atoms with E-state index in [-0.39, 0.29) is 12.5 Å². The lowest BCUT2D eigenvalue weighted by atomic mass is 10.2. The molecule has 0 aliphatic carbocycles. The number of unbranched alkanes of at least 4 members (excludes halogenated alkanes) is 1. The van der Waals surface area contributed by atoms with Crippen LogP contribution in [0.3, 0.4) is 0 Å². The number of aliphatic hydroxyl groups is 1. The molecule has 2 N–H and O–H groups in total. The minimum atomic E-state index is 0.0889. The third-order valence-corrected chi connectivity index (χ3v) is 3.48. The molecule has 0 fully saturated rings. The van der Waals surface area contributed by atoms with Crippen molar-refractivity contribution in [1.29, 1.82) is 0 Å². The van der Waals surface area contributed by atoms with E-state index < -0.39 is 0 Å². The highest BCUT2D eigenvalue weighted by molar-refractivity contribution is 7.99. The van der Waals surface area contributed by atoms with E-state index in [1.54, 1.807) is 11.8 Å². The van der Waals surface area contributed by atoms with Crippen molar-refractivity contribution in [2.24, 2.45) is 0 Å². The van der Waals surface area contributed by atoms with Crippen molar-refractivity contribution in [3.05, 3.63) is 35.9 Å². The molecule has 0 heterocycles. The van der Waals surface area contributed by atoms with Crippen molar-refractivity contribution in [1.82, 2.24) is 5.32 Å². The van der Waals surface area contributed by atoms with Crippen molar-refractivity contribution in [3.63, 3.8) is 0 Å². The number of aliphatic hydroxyl groups excluding tert-OH is 1. The Morgan fingerprint density at radius 3 is 2.72 bits per heavy atom. The van der Waals surface area contributed by atoms with Crippen LogP contribution in [-0.2, 0) is 11.2 Å². The molecule has 0 aliphatic rings. The van der Waals surface area contributed by atoms with E-state index in [1.165, 1.54) is 5.56 Å². The Kier molecular flexibility index (Phi) is 8.34. The maximum atomic E-state index is 11.4. The second kappa shape index (κ2) is 9.97. The molecule has 0 unspecified atom stereocenters. The van der Waals surface area contributed by atoms with E-state index in [0.717, 1.165) is 25.0 Å². The number of rotatable bonds is 9. The van der Waals surface area contributed by atoms with Crippen LogP contribution in [-0.4, -0.2) is 35.7 Å². The van der Waals surface area contributed by atoms with Crippen molar-refractivity contribution in [2.75, 3.05) is 24.7 Å². The van der Waals surface area contributed by atoms with Crippen LogP contribution in [0.2, 0.25) is 0 Å². The summed E-state index contributed by atoms with van der Waals surface area (Å²) in [6.07, 6.45) is 2.60. The molecule has 1 aromatic carbocycles. The largest absolute Gasteiger partial charge is 0.396 e. The Bertz CT molecular complexity index is 330. The number of amides is 1. The van der Waals surface area contributed by atoms with Crippen molar-refractivity contribution in [2.45, 2.75) is 19.3 Å². The van der Waals surface area contributed by atoms with Gasteiger partial charge in [0.1, 0.15) is 0 Å². The predicted octanol–water partition coefficient (Wildman–Crippen LogP) is 1.85. The van der Waals surface area contributed by atoms with Gasteiger partial charge in [-0.25, -0.2) is 0 Å². The van der Waals surface area contributed by atoms with Gasteiger partial charge < -0.3 is 10.4 Å². The number of aryl methyl sites for hydroxylation is 1. The number of nitrogens with one attached hydrogen (secondary N) is 1. The molecular weight excluding hydrogens is 246 g/mol. The second-order valence-corrected chi connectivity index (χ2v) is 5.17. The molecule has 0 atom stereocenters. The molecule has 100 valence electrons. The normalized spacial score (nSPS) is 10.3. The van der Waals surface area contributed by atoms with Gasteiger partial charge in [-0.3, -0.25) is 4.79 Å². The smallest absolute Gasteiger partial charge is 0.229 e. The third-order valence-electron chi connectivity index (χ3n) is 2.52. The van der Waals surface area contributed by atoms with Gasteiger partial charge in [0.05, 0.1) is 5.75 Å². The van der Waals surface area contributed by atoms with Crippen LogP contribution >= 0.6 is 11.8 Å². The summed E-state index contributed by atoms with van der Waals surface area (Å²) in [4.78, 5) is 11.4. The fourth-order valence-electron chi connectivity index (χ4n) is 1.52. The summed E-state index contributed by atoms with van der Waals surface area (Å²) in [6.45, 7) is 0.861. The zero-order valence-electron chi connectivity index (χ0n) is 10.6. The molecule has 1 aromatic rings. The van der Waals surface area contributed by atoms with Crippen LogP contribution in [0.1, 0.15) is 18.4 Å². The lowest BCUT2D eigenvalue weighted by Gasteiger charge is -2.04. The number of benzene rings is 1. The zero-order valence-corrected chi connectivity index (χ0v) is 11.4. The predicted molar refractivity (Wildman–Crippen MR) is 76.8 cm³/mol. The van der Waals surface area contributed by atoms with Crippen LogP contribution in [0.4, 0.5) is 0 Å². The van der Waals surface area contributed by atoms with Gasteiger partial charge in [0.15, 0.2) is 0 Å². The summed E-state index contributed by atoms with van der Waals surface area (Å²) in [5, 5.41) is 11.4. The summed E-state index contributed by atoms with van der Waals surface area (Å²) >= 11 is 1.66. The van der Waals surface area contributed by atoms with Crippen LogP contribution in [0.5, 0.6) is 0 Å². The van der Waals surface area contributed by atoms with Gasteiger partial charge in [0.25, 0.3) is 0 Å². The fraction of sp³-hybridized carbons (Fsp3) is 0.500. The van der Waals surface area contributed by atoms with Crippen LogP contribution in [0, 0.1) is 0 Å². The number of carbonyl (C=O) groups excluding carboxylic acids is 1. The van der Waals surface area contributed by atoms with Gasteiger partial charge in [-0.15, -0.1) is 0 Å². The van der Waals surface area contributed by atoms with Gasteiger partial charge in [-0.05, 0) is 30.6 Å². The Balaban J connectivity index is 1.99. The lowest BCUT2D eigenvalue weighted by molar-refractivity contribution is -0.118. The first-order valence-corrected chi connectivity index (χ1v) is 7.47. The lowest BCUT2D eigenvalue weighted by Crippen LogP contribution is -2.26. The number of thioether (sulfide) groups is 1. The van der Waals surface area contributed by atoms with Gasteiger partial charge in [0, 0.05) is 13.2 Å². The molecule has 0 radical (unpaired) electrons. The van der Waals surface area contributed by atoms with E-state index in [1.807, 2.05) is 18.2 Å². The summed E-state index contributed by atoms with van der Waals surface area (Å²) in [5.41, 5.74) is 1.31. The fourth-order valence-corrected chi connectivity index (χ4v) is 2.33. The first kappa shape index (κ1) is 15.1. The van der Waals surface area contributed by atoms with Gasteiger partial charge >= 0.3 is 0 Å². The van der Waals surface area contributed by atoms with Crippen molar-refractivity contribution in [3.8, 4) is 0 Å². The Morgan fingerprint density at radius 2 is 2.00 bits per heavy atom. The zero-order chi connectivity index (χ0) is 13.1. The highest BCUT2D eigenvalue weighted by Gasteiger charge is 2.00. The number of hydrogen-bond acceptors (Lipinski definition) is 3. The number of carbonyl (C=O) groups is 1. The highest BCUT2D eigenvalue weighted by Crippen LogP contribution is 2.06. The van der Waals surface area contributed by atoms with Crippen molar-refractivity contribution >= 4 is 17.7 Å². The molecule has 1 amide bonds. The average Bonchev–Trinajstić information content (AvgIpc) is 2.41. The van der Waals surface area contributed by atoms with Gasteiger partial charge in [0.2, 0.25) is 5.91 Å². The summed E-state index contributed by atoms with van der Waals surface area (Å²) < 4.78 is 0. The molecule has 18 heavy (non-hydrogen) atoms. The molecular formula is C14H21NO2S. The minimum absolute atomic E-state index is 0.0889. The molecule has 0 bridgehead atoms. The van der Waals surface area contributed by atoms with Crippen molar-refractivity contribution < 1.29 is 9.90 Å². The van der Waals surface area contributed by atoms with Gasteiger partial charge in [-0.1, -0.05) is 30.3 Å². The maximum absolute atomic E-state index is 11.4. The molecule has 0 aliphatic heterocycles. The second-order valence-electron chi connectivity index (χ2n) is 4.07. The topological polar surface area (TPSA) is 49.3 Å². The van der Waals surface area contributed by atoms with E-state index in [9.17, 15) is 4.79 Å². The standard InChI is InChI=1S/C14H21NO2S/c16-10-5-4-9-15-14(17)12-18-11-8-13-6-2-1-3-7-13/h1-3,6-7,16H,4-5,8-12H2,(H,15,17). The Labute approximate surface area is 113 Å². The van der Waals surface area contributed by atoms with E-state index >= 15 is 0 Å². The van der Waals surface area contributed by atoms with E-state index in [2.05, 4.69) is 17.4 Å². The first-order valence-electron chi connectivity index (χ1n) is 6.32. The maximum Gasteiger partial charge on any atom is 0.229 e. The first-order chi connectivity index (χ1) is 8.83. The molecule has 0 aromatic heterocycles. The quantitative estimate of drug-likeness (QED) is 0.671. The van der Waals surface area contributed by atoms with E-state index in [0.29, 0.717) is 12.3 Å². The monoisotopic (exact) mass is 267 g/mol. The van der Waals surface area contributed by atoms with E-state index in [4.69, 9.17) is 5.11 Å². The van der Waals surface area contributed by atoms with Crippen LogP contribution < -0.4 is 5.32 Å². The third kappa shape index (κ3) is 7.35. The van der Waals surface area contributed by atoms with Crippen LogP contribution in [0.15, 0.2) is 30.3 Å². The summed E-state index contributed by atoms with van der Waals surface area (Å²) in [6, 6.07) is 10.3. The molecule has 1 rings (SSSR count). The summed E-state index contributed by atoms with van der Waals surface area (Å²) in [7, 11) is 0. The van der Waals surface area contributed by atoms with Gasteiger partial charge in [-0.2, -0.15) is 11.8 Å².